The average molecular weight is 476 g/mol. The zero-order valence-electron chi connectivity index (χ0n) is 20.3. The Morgan fingerprint density at radius 2 is 1.58 bits per heavy atom. The van der Waals surface area contributed by atoms with Crippen LogP contribution < -0.4 is 5.32 Å². The fourth-order valence-electron chi connectivity index (χ4n) is 5.87. The third-order valence-corrected chi connectivity index (χ3v) is 10.3. The number of hydrogen-bond donors (Lipinski definition) is 1. The van der Waals surface area contributed by atoms with E-state index in [2.05, 4.69) is 24.1 Å². The molecule has 3 unspecified atom stereocenters. The van der Waals surface area contributed by atoms with Crippen LogP contribution in [0.5, 0.6) is 0 Å². The highest BCUT2D eigenvalue weighted by molar-refractivity contribution is 7.89. The van der Waals surface area contributed by atoms with Crippen LogP contribution in [0, 0.1) is 11.8 Å². The molecule has 3 aliphatic rings. The van der Waals surface area contributed by atoms with Crippen molar-refractivity contribution in [1.29, 1.82) is 0 Å². The molecule has 7 heteroatoms. The molecule has 2 aliphatic carbocycles. The fourth-order valence-corrected chi connectivity index (χ4v) is 7.29. The van der Waals surface area contributed by atoms with E-state index in [4.69, 9.17) is 0 Å². The number of piperazine rings is 1. The van der Waals surface area contributed by atoms with Crippen LogP contribution in [0.15, 0.2) is 29.2 Å². The first kappa shape index (κ1) is 24.7. The number of rotatable bonds is 6. The molecular formula is C26H41N3O3S. The molecular weight excluding hydrogens is 434 g/mol. The number of benzene rings is 1. The van der Waals surface area contributed by atoms with E-state index < -0.39 is 10.0 Å². The molecule has 0 spiro atoms. The molecule has 1 aliphatic heterocycles. The smallest absolute Gasteiger partial charge is 0.243 e. The Hall–Kier alpha value is -1.44. The highest BCUT2D eigenvalue weighted by Gasteiger charge is 2.31. The summed E-state index contributed by atoms with van der Waals surface area (Å²) in [4.78, 5) is 15.1. The van der Waals surface area contributed by atoms with Gasteiger partial charge >= 0.3 is 0 Å². The molecule has 1 amide bonds. The van der Waals surface area contributed by atoms with E-state index in [0.29, 0.717) is 55.4 Å². The summed E-state index contributed by atoms with van der Waals surface area (Å²) in [5.41, 5.74) is 1.27. The molecule has 184 valence electrons. The van der Waals surface area contributed by atoms with E-state index in [1.165, 1.54) is 50.5 Å². The van der Waals surface area contributed by atoms with Crippen LogP contribution in [0.25, 0.3) is 0 Å². The summed E-state index contributed by atoms with van der Waals surface area (Å²) in [6.07, 6.45) is 9.75. The van der Waals surface area contributed by atoms with Crippen LogP contribution in [-0.4, -0.2) is 62.3 Å². The molecule has 4 rings (SSSR count). The summed E-state index contributed by atoms with van der Waals surface area (Å²) < 4.78 is 27.9. The lowest BCUT2D eigenvalue weighted by Gasteiger charge is -2.36. The van der Waals surface area contributed by atoms with Gasteiger partial charge in [-0.25, -0.2) is 8.42 Å². The molecule has 0 radical (unpaired) electrons. The summed E-state index contributed by atoms with van der Waals surface area (Å²) in [6, 6.07) is 7.85. The summed E-state index contributed by atoms with van der Waals surface area (Å²) in [6.45, 7) is 6.88. The normalized spacial score (nSPS) is 28.5. The quantitative estimate of drug-likeness (QED) is 0.676. The second kappa shape index (κ2) is 10.9. The lowest BCUT2D eigenvalue weighted by Crippen LogP contribution is -2.52. The third-order valence-electron chi connectivity index (χ3n) is 8.35. The molecule has 1 aromatic rings. The minimum Gasteiger partial charge on any atom is -0.352 e. The largest absolute Gasteiger partial charge is 0.352 e. The van der Waals surface area contributed by atoms with Crippen LogP contribution in [0.1, 0.15) is 76.7 Å². The molecule has 3 fully saturated rings. The highest BCUT2D eigenvalue weighted by Crippen LogP contribution is 2.33. The fraction of sp³-hybridized carbons (Fsp3) is 0.731. The van der Waals surface area contributed by atoms with E-state index in [0.717, 1.165) is 6.42 Å². The average Bonchev–Trinajstić information content (AvgIpc) is 2.83. The van der Waals surface area contributed by atoms with Gasteiger partial charge in [0.15, 0.2) is 0 Å². The summed E-state index contributed by atoms with van der Waals surface area (Å²) in [7, 11) is -3.49. The Kier molecular flexibility index (Phi) is 8.13. The first-order valence-electron chi connectivity index (χ1n) is 13.0. The number of sulfonamides is 1. The van der Waals surface area contributed by atoms with Crippen molar-refractivity contribution in [3.63, 3.8) is 0 Å². The van der Waals surface area contributed by atoms with Gasteiger partial charge in [-0.2, -0.15) is 4.31 Å². The minimum absolute atomic E-state index is 0.0653. The van der Waals surface area contributed by atoms with Crippen LogP contribution >= 0.6 is 0 Å². The number of nitrogens with zero attached hydrogens (tertiary/aromatic N) is 2. The maximum atomic E-state index is 13.2. The molecule has 3 atom stereocenters. The maximum Gasteiger partial charge on any atom is 0.243 e. The standard InChI is InChI=1S/C26H41N3O3S/c1-20-7-6-10-25(21(20)2)27-26(30)19-28-15-17-29(18-16-28)33(31,32)24-13-11-23(12-14-24)22-8-4-3-5-9-22/h11-14,20-22,25H,3-10,15-19H2,1-2H3,(H,27,30). The molecule has 1 N–H and O–H groups in total. The predicted octanol–water partition coefficient (Wildman–Crippen LogP) is 3.98. The summed E-state index contributed by atoms with van der Waals surface area (Å²) in [5, 5.41) is 3.23. The Bertz CT molecular complexity index is 888. The van der Waals surface area contributed by atoms with Gasteiger partial charge in [-0.05, 0) is 54.7 Å². The Labute approximate surface area is 200 Å². The molecule has 0 aromatic heterocycles. The van der Waals surface area contributed by atoms with Crippen molar-refractivity contribution in [2.24, 2.45) is 11.8 Å². The van der Waals surface area contributed by atoms with Crippen molar-refractivity contribution >= 4 is 15.9 Å². The number of hydrogen-bond acceptors (Lipinski definition) is 4. The maximum absolute atomic E-state index is 13.2. The Morgan fingerprint density at radius 3 is 2.24 bits per heavy atom. The molecule has 1 heterocycles. The van der Waals surface area contributed by atoms with Gasteiger partial charge in [0.05, 0.1) is 11.4 Å². The number of carbonyl (C=O) groups excluding carboxylic acids is 1. The lowest BCUT2D eigenvalue weighted by molar-refractivity contribution is -0.124. The van der Waals surface area contributed by atoms with Gasteiger partial charge in [-0.1, -0.05) is 58.1 Å². The van der Waals surface area contributed by atoms with Gasteiger partial charge in [0, 0.05) is 32.2 Å². The van der Waals surface area contributed by atoms with Gasteiger partial charge in [-0.3, -0.25) is 9.69 Å². The molecule has 2 saturated carbocycles. The van der Waals surface area contributed by atoms with Crippen molar-refractivity contribution in [2.45, 2.75) is 82.1 Å². The Morgan fingerprint density at radius 1 is 0.909 bits per heavy atom. The summed E-state index contributed by atoms with van der Waals surface area (Å²) >= 11 is 0. The molecule has 1 aromatic carbocycles. The van der Waals surface area contributed by atoms with Crippen molar-refractivity contribution in [1.82, 2.24) is 14.5 Å². The SMILES string of the molecule is CC1CCCC(NC(=O)CN2CCN(S(=O)(=O)c3ccc(C4CCCCC4)cc3)CC2)C1C. The van der Waals surface area contributed by atoms with Crippen LogP contribution in [0.4, 0.5) is 0 Å². The molecule has 0 bridgehead atoms. The molecule has 6 nitrogen and oxygen atoms in total. The van der Waals surface area contributed by atoms with E-state index in [1.807, 2.05) is 12.1 Å². The van der Waals surface area contributed by atoms with Gasteiger partial charge in [-0.15, -0.1) is 0 Å². The monoisotopic (exact) mass is 475 g/mol. The first-order valence-corrected chi connectivity index (χ1v) is 14.4. The molecule has 1 saturated heterocycles. The highest BCUT2D eigenvalue weighted by atomic mass is 32.2. The number of amides is 1. The molecule has 33 heavy (non-hydrogen) atoms. The first-order chi connectivity index (χ1) is 15.8. The van der Waals surface area contributed by atoms with Crippen molar-refractivity contribution in [3.8, 4) is 0 Å². The topological polar surface area (TPSA) is 69.7 Å². The number of nitrogens with one attached hydrogen (secondary N) is 1. The van der Waals surface area contributed by atoms with E-state index >= 15 is 0 Å². The number of carbonyl (C=O) groups is 1. The zero-order valence-corrected chi connectivity index (χ0v) is 21.2. The van der Waals surface area contributed by atoms with E-state index in [9.17, 15) is 13.2 Å². The minimum atomic E-state index is -3.49. The van der Waals surface area contributed by atoms with Crippen molar-refractivity contribution < 1.29 is 13.2 Å². The van der Waals surface area contributed by atoms with Gasteiger partial charge in [0.25, 0.3) is 0 Å². The van der Waals surface area contributed by atoms with Crippen molar-refractivity contribution in [2.75, 3.05) is 32.7 Å². The second-order valence-corrected chi connectivity index (χ2v) is 12.5. The van der Waals surface area contributed by atoms with Gasteiger partial charge < -0.3 is 5.32 Å². The van der Waals surface area contributed by atoms with E-state index in [1.54, 1.807) is 16.4 Å². The van der Waals surface area contributed by atoms with Gasteiger partial charge in [0.2, 0.25) is 15.9 Å². The third kappa shape index (κ3) is 5.98. The Balaban J connectivity index is 1.27. The predicted molar refractivity (Wildman–Crippen MR) is 132 cm³/mol. The van der Waals surface area contributed by atoms with Crippen LogP contribution in [0.2, 0.25) is 0 Å². The van der Waals surface area contributed by atoms with Gasteiger partial charge in [0.1, 0.15) is 0 Å². The second-order valence-electron chi connectivity index (χ2n) is 10.5. The van der Waals surface area contributed by atoms with E-state index in [-0.39, 0.29) is 11.9 Å². The lowest BCUT2D eigenvalue weighted by atomic mass is 9.78. The van der Waals surface area contributed by atoms with Crippen LogP contribution in [-0.2, 0) is 14.8 Å². The van der Waals surface area contributed by atoms with Crippen LogP contribution in [0.3, 0.4) is 0 Å². The van der Waals surface area contributed by atoms with Crippen molar-refractivity contribution in [3.05, 3.63) is 29.8 Å². The zero-order chi connectivity index (χ0) is 23.4. The summed E-state index contributed by atoms with van der Waals surface area (Å²) in [5.74, 6) is 1.80.